The lowest BCUT2D eigenvalue weighted by atomic mass is 10.1. The number of benzene rings is 2. The Hall–Kier alpha value is -2.78. The number of thiazole rings is 2. The van der Waals surface area contributed by atoms with Crippen molar-refractivity contribution < 1.29 is 0 Å². The van der Waals surface area contributed by atoms with Crippen LogP contribution in [0.15, 0.2) is 72.8 Å². The van der Waals surface area contributed by atoms with Crippen molar-refractivity contribution in [2.75, 3.05) is 5.73 Å². The van der Waals surface area contributed by atoms with Gasteiger partial charge in [-0.1, -0.05) is 83.3 Å². The highest BCUT2D eigenvalue weighted by Crippen LogP contribution is 2.32. The lowest BCUT2D eigenvalue weighted by Crippen LogP contribution is -1.98. The first kappa shape index (κ1) is 22.4. The summed E-state index contributed by atoms with van der Waals surface area (Å²) in [4.78, 5) is 6.39. The number of aryl methyl sites for hydroxylation is 2. The van der Waals surface area contributed by atoms with E-state index < -0.39 is 0 Å². The second-order valence-electron chi connectivity index (χ2n) is 7.13. The number of nitrogens with one attached hydrogen (secondary N) is 2. The minimum atomic E-state index is 0.719. The molecule has 0 aliphatic carbocycles. The lowest BCUT2D eigenvalue weighted by Gasteiger charge is -2.09. The monoisotopic (exact) mass is 494 g/mol. The van der Waals surface area contributed by atoms with Crippen LogP contribution in [0.3, 0.4) is 0 Å². The fourth-order valence-electron chi connectivity index (χ4n) is 3.43. The Kier molecular flexibility index (Phi) is 6.86. The van der Waals surface area contributed by atoms with E-state index in [4.69, 9.17) is 30.2 Å². The quantitative estimate of drug-likeness (QED) is 0.223. The molecule has 0 aliphatic rings. The molecule has 5 aromatic rings. The van der Waals surface area contributed by atoms with E-state index in [0.717, 1.165) is 40.4 Å². The van der Waals surface area contributed by atoms with Crippen LogP contribution in [0.4, 0.5) is 5.00 Å². The van der Waals surface area contributed by atoms with E-state index in [-0.39, 0.29) is 0 Å². The first-order chi connectivity index (χ1) is 15.4. The molecule has 4 N–H and O–H groups in total. The average Bonchev–Trinajstić information content (AvgIpc) is 3.45. The maximum absolute atomic E-state index is 5.79. The largest absolute Gasteiger partial charge is 0.389 e. The lowest BCUT2D eigenvalue weighted by molar-refractivity contribution is 0.983. The summed E-state index contributed by atoms with van der Waals surface area (Å²) in [6.45, 7) is 4.23. The number of nitrogens with two attached hydrogens (primary N) is 1. The number of hydrogen-bond donors (Lipinski definition) is 3. The molecule has 2 aromatic carbocycles. The van der Waals surface area contributed by atoms with Gasteiger partial charge in [0.1, 0.15) is 10.0 Å². The second kappa shape index (κ2) is 9.79. The van der Waals surface area contributed by atoms with E-state index in [2.05, 4.69) is 52.6 Å². The normalized spacial score (nSPS) is 10.6. The number of H-pyrrole nitrogens is 2. The van der Waals surface area contributed by atoms with Gasteiger partial charge in [0.15, 0.2) is 7.91 Å². The topological polar surface area (TPSA) is 62.5 Å². The number of anilines is 1. The SMILES string of the molecule is Cc1ccc(C)n1-c1sc(=S)[nH]c1-c1ccccc1.Nc1sc(=S)[nH]c1-c1ccccc1. The molecule has 0 radical (unpaired) electrons. The van der Waals surface area contributed by atoms with Crippen molar-refractivity contribution in [3.63, 3.8) is 0 Å². The van der Waals surface area contributed by atoms with Gasteiger partial charge in [-0.3, -0.25) is 0 Å². The predicted octanol–water partition coefficient (Wildman–Crippen LogP) is 7.94. The summed E-state index contributed by atoms with van der Waals surface area (Å²) in [5.41, 5.74) is 12.5. The van der Waals surface area contributed by atoms with Crippen molar-refractivity contribution >= 4 is 52.1 Å². The zero-order valence-corrected chi connectivity index (χ0v) is 20.9. The van der Waals surface area contributed by atoms with E-state index in [0.29, 0.717) is 0 Å². The van der Waals surface area contributed by atoms with Gasteiger partial charge in [0.05, 0.1) is 11.4 Å². The van der Waals surface area contributed by atoms with Crippen LogP contribution in [0.25, 0.3) is 27.5 Å². The highest BCUT2D eigenvalue weighted by atomic mass is 32.2. The van der Waals surface area contributed by atoms with Gasteiger partial charge < -0.3 is 20.3 Å². The van der Waals surface area contributed by atoms with Gasteiger partial charge in [-0.2, -0.15) is 0 Å². The summed E-state index contributed by atoms with van der Waals surface area (Å²) in [5.74, 6) is 0. The summed E-state index contributed by atoms with van der Waals surface area (Å²) < 4.78 is 3.77. The van der Waals surface area contributed by atoms with Crippen molar-refractivity contribution in [2.45, 2.75) is 13.8 Å². The number of nitrogen functional groups attached to an aromatic ring is 1. The smallest absolute Gasteiger partial charge is 0.160 e. The Morgan fingerprint density at radius 1 is 0.688 bits per heavy atom. The molecule has 162 valence electrons. The molecule has 0 fully saturated rings. The number of rotatable bonds is 3. The van der Waals surface area contributed by atoms with Crippen LogP contribution in [-0.2, 0) is 0 Å². The van der Waals surface area contributed by atoms with Crippen molar-refractivity contribution in [3.05, 3.63) is 92.1 Å². The Morgan fingerprint density at radius 3 is 1.66 bits per heavy atom. The van der Waals surface area contributed by atoms with Crippen molar-refractivity contribution in [1.29, 1.82) is 0 Å². The molecule has 0 atom stereocenters. The Labute approximate surface area is 205 Å². The molecule has 0 aliphatic heterocycles. The highest BCUT2D eigenvalue weighted by molar-refractivity contribution is 7.73. The summed E-state index contributed by atoms with van der Waals surface area (Å²) in [7, 11) is 0. The molecule has 5 rings (SSSR count). The van der Waals surface area contributed by atoms with E-state index in [1.54, 1.807) is 11.3 Å². The molecular formula is C24H22N4S4. The van der Waals surface area contributed by atoms with Crippen LogP contribution >= 0.6 is 47.1 Å². The predicted molar refractivity (Wildman–Crippen MR) is 143 cm³/mol. The average molecular weight is 495 g/mol. The van der Waals surface area contributed by atoms with Gasteiger partial charge in [0, 0.05) is 22.5 Å². The molecule has 0 bridgehead atoms. The molecule has 3 aromatic heterocycles. The van der Waals surface area contributed by atoms with Crippen molar-refractivity contribution in [3.8, 4) is 27.5 Å². The molecule has 32 heavy (non-hydrogen) atoms. The third kappa shape index (κ3) is 4.83. The Balaban J connectivity index is 0.000000165. The number of aromatic amines is 2. The van der Waals surface area contributed by atoms with Crippen LogP contribution in [0.5, 0.6) is 0 Å². The third-order valence-corrected chi connectivity index (χ3v) is 7.19. The molecule has 0 saturated heterocycles. The number of hydrogen-bond acceptors (Lipinski definition) is 5. The van der Waals surface area contributed by atoms with Gasteiger partial charge in [0.25, 0.3) is 0 Å². The maximum atomic E-state index is 5.79. The summed E-state index contributed by atoms with van der Waals surface area (Å²) in [6, 6.07) is 24.5. The first-order valence-corrected chi connectivity index (χ1v) is 12.4. The van der Waals surface area contributed by atoms with E-state index in [1.807, 2.05) is 48.5 Å². The standard InChI is InChI=1S/C15H14N2S2.C9H8N2S2/c1-10-8-9-11(2)17(10)14-13(16-15(18)19-14)12-6-4-3-5-7-12;10-8-7(11-9(12)13-8)6-4-2-1-3-5-6/h3-9H,1-2H3,(H,16,18);1-5H,10H2,(H,11,12). The van der Waals surface area contributed by atoms with Crippen molar-refractivity contribution in [1.82, 2.24) is 14.5 Å². The molecular weight excluding hydrogens is 473 g/mol. The fraction of sp³-hybridized carbons (Fsp3) is 0.0833. The third-order valence-electron chi connectivity index (χ3n) is 4.91. The summed E-state index contributed by atoms with van der Waals surface area (Å²) in [6.07, 6.45) is 0. The number of nitrogens with zero attached hydrogens (tertiary/aromatic N) is 1. The molecule has 0 spiro atoms. The highest BCUT2D eigenvalue weighted by Gasteiger charge is 2.13. The van der Waals surface area contributed by atoms with Crippen LogP contribution in [0.1, 0.15) is 11.4 Å². The zero-order chi connectivity index (χ0) is 22.7. The van der Waals surface area contributed by atoms with Gasteiger partial charge in [-0.05, 0) is 50.4 Å². The Bertz CT molecular complexity index is 1420. The fourth-order valence-corrected chi connectivity index (χ4v) is 5.74. The van der Waals surface area contributed by atoms with Gasteiger partial charge >= 0.3 is 0 Å². The van der Waals surface area contributed by atoms with Gasteiger partial charge in [-0.25, -0.2) is 0 Å². The van der Waals surface area contributed by atoms with Gasteiger partial charge in [0.2, 0.25) is 0 Å². The van der Waals surface area contributed by atoms with Crippen LogP contribution in [0.2, 0.25) is 0 Å². The molecule has 8 heteroatoms. The Morgan fingerprint density at radius 2 is 1.16 bits per heavy atom. The van der Waals surface area contributed by atoms with E-state index >= 15 is 0 Å². The molecule has 0 saturated carbocycles. The minimum absolute atomic E-state index is 0.719. The van der Waals surface area contributed by atoms with E-state index in [9.17, 15) is 0 Å². The molecule has 0 unspecified atom stereocenters. The van der Waals surface area contributed by atoms with E-state index in [1.165, 1.54) is 22.7 Å². The van der Waals surface area contributed by atoms with Gasteiger partial charge in [-0.15, -0.1) is 0 Å². The number of aromatic nitrogens is 3. The molecule has 4 nitrogen and oxygen atoms in total. The van der Waals surface area contributed by atoms with Crippen molar-refractivity contribution in [2.24, 2.45) is 0 Å². The summed E-state index contributed by atoms with van der Waals surface area (Å²) in [5, 5.41) is 1.91. The molecule has 0 amide bonds. The zero-order valence-electron chi connectivity index (χ0n) is 17.6. The second-order valence-corrected chi connectivity index (χ2v) is 10.5. The summed E-state index contributed by atoms with van der Waals surface area (Å²) >= 11 is 13.4. The first-order valence-electron chi connectivity index (χ1n) is 9.92. The molecule has 3 heterocycles. The van der Waals surface area contributed by atoms with Crippen LogP contribution in [-0.4, -0.2) is 14.5 Å². The van der Waals surface area contributed by atoms with Crippen LogP contribution in [0, 0.1) is 21.8 Å². The van der Waals surface area contributed by atoms with Crippen LogP contribution < -0.4 is 5.73 Å². The minimum Gasteiger partial charge on any atom is -0.389 e. The maximum Gasteiger partial charge on any atom is 0.160 e.